The SMILES string of the molecule is O=C(O)CCC(=O)NC(=O)NCC1CCC1. The molecular formula is C10H16N2O4. The van der Waals surface area contributed by atoms with Crippen LogP contribution in [0.5, 0.6) is 0 Å². The molecule has 0 aliphatic heterocycles. The highest BCUT2D eigenvalue weighted by Gasteiger charge is 2.18. The minimum Gasteiger partial charge on any atom is -0.481 e. The van der Waals surface area contributed by atoms with Gasteiger partial charge in [0.15, 0.2) is 0 Å². The Labute approximate surface area is 93.4 Å². The summed E-state index contributed by atoms with van der Waals surface area (Å²) in [4.78, 5) is 32.4. The fourth-order valence-corrected chi connectivity index (χ4v) is 1.39. The number of rotatable bonds is 5. The average molecular weight is 228 g/mol. The normalized spacial score (nSPS) is 15.0. The largest absolute Gasteiger partial charge is 0.481 e. The molecule has 0 unspecified atom stereocenters. The Morgan fingerprint density at radius 3 is 2.38 bits per heavy atom. The summed E-state index contributed by atoms with van der Waals surface area (Å²) in [6, 6.07) is -0.540. The predicted octanol–water partition coefficient (Wildman–Crippen LogP) is 0.477. The van der Waals surface area contributed by atoms with Crippen molar-refractivity contribution in [3.8, 4) is 0 Å². The quantitative estimate of drug-likeness (QED) is 0.637. The Morgan fingerprint density at radius 1 is 1.19 bits per heavy atom. The van der Waals surface area contributed by atoms with E-state index in [0.29, 0.717) is 12.5 Å². The number of hydrogen-bond donors (Lipinski definition) is 3. The molecule has 90 valence electrons. The van der Waals surface area contributed by atoms with Crippen LogP contribution >= 0.6 is 0 Å². The molecule has 0 heterocycles. The lowest BCUT2D eigenvalue weighted by Gasteiger charge is -2.25. The summed E-state index contributed by atoms with van der Waals surface area (Å²) in [7, 11) is 0. The van der Waals surface area contributed by atoms with Gasteiger partial charge in [-0.25, -0.2) is 4.79 Å². The fourth-order valence-electron chi connectivity index (χ4n) is 1.39. The molecule has 1 fully saturated rings. The number of imide groups is 1. The minimum atomic E-state index is -1.05. The first-order valence-corrected chi connectivity index (χ1v) is 5.37. The van der Waals surface area contributed by atoms with Crippen molar-refractivity contribution in [3.63, 3.8) is 0 Å². The zero-order chi connectivity index (χ0) is 12.0. The van der Waals surface area contributed by atoms with Crippen LogP contribution in [0.25, 0.3) is 0 Å². The molecule has 16 heavy (non-hydrogen) atoms. The van der Waals surface area contributed by atoms with E-state index in [2.05, 4.69) is 10.6 Å². The summed E-state index contributed by atoms with van der Waals surface area (Å²) in [6.07, 6.45) is 3.00. The second-order valence-electron chi connectivity index (χ2n) is 3.95. The summed E-state index contributed by atoms with van der Waals surface area (Å²) in [5, 5.41) is 13.0. The highest BCUT2D eigenvalue weighted by molar-refractivity contribution is 5.95. The molecule has 1 aliphatic rings. The Balaban J connectivity index is 2.07. The van der Waals surface area contributed by atoms with Crippen LogP contribution in [-0.2, 0) is 9.59 Å². The van der Waals surface area contributed by atoms with Crippen molar-refractivity contribution < 1.29 is 19.5 Å². The van der Waals surface area contributed by atoms with Gasteiger partial charge < -0.3 is 10.4 Å². The highest BCUT2D eigenvalue weighted by Crippen LogP contribution is 2.24. The molecule has 0 saturated heterocycles. The van der Waals surface area contributed by atoms with Gasteiger partial charge in [0.1, 0.15) is 0 Å². The molecule has 0 atom stereocenters. The molecule has 1 aliphatic carbocycles. The van der Waals surface area contributed by atoms with Gasteiger partial charge in [-0.15, -0.1) is 0 Å². The molecule has 6 nitrogen and oxygen atoms in total. The molecule has 0 aromatic heterocycles. The van der Waals surface area contributed by atoms with Crippen LogP contribution in [-0.4, -0.2) is 29.6 Å². The number of carbonyl (C=O) groups excluding carboxylic acids is 2. The van der Waals surface area contributed by atoms with E-state index in [1.54, 1.807) is 0 Å². The molecule has 1 rings (SSSR count). The third kappa shape index (κ3) is 4.77. The first kappa shape index (κ1) is 12.5. The van der Waals surface area contributed by atoms with Crippen LogP contribution in [0, 0.1) is 5.92 Å². The molecule has 0 aromatic carbocycles. The zero-order valence-electron chi connectivity index (χ0n) is 8.99. The lowest BCUT2D eigenvalue weighted by atomic mass is 9.85. The number of carboxylic acids is 1. The first-order chi connectivity index (χ1) is 7.58. The summed E-state index contributed by atoms with van der Waals surface area (Å²) in [5.41, 5.74) is 0. The van der Waals surface area contributed by atoms with Crippen molar-refractivity contribution in [2.45, 2.75) is 32.1 Å². The number of urea groups is 1. The number of nitrogens with one attached hydrogen (secondary N) is 2. The molecule has 0 spiro atoms. The second kappa shape index (κ2) is 6.09. The molecule has 0 aromatic rings. The van der Waals surface area contributed by atoms with Crippen molar-refractivity contribution in [2.24, 2.45) is 5.92 Å². The number of aliphatic carboxylic acids is 1. The lowest BCUT2D eigenvalue weighted by Crippen LogP contribution is -2.42. The maximum Gasteiger partial charge on any atom is 0.321 e. The topological polar surface area (TPSA) is 95.5 Å². The Morgan fingerprint density at radius 2 is 1.88 bits per heavy atom. The Bertz CT molecular complexity index is 287. The third-order valence-electron chi connectivity index (χ3n) is 2.59. The van der Waals surface area contributed by atoms with Crippen LogP contribution < -0.4 is 10.6 Å². The molecule has 6 heteroatoms. The third-order valence-corrected chi connectivity index (χ3v) is 2.59. The zero-order valence-corrected chi connectivity index (χ0v) is 8.99. The summed E-state index contributed by atoms with van der Waals surface area (Å²) < 4.78 is 0. The summed E-state index contributed by atoms with van der Waals surface area (Å²) in [5.74, 6) is -1.08. The Kier molecular flexibility index (Phi) is 4.75. The van der Waals surface area contributed by atoms with E-state index in [1.165, 1.54) is 6.42 Å². The molecule has 0 radical (unpaired) electrons. The van der Waals surface area contributed by atoms with Gasteiger partial charge in [-0.1, -0.05) is 6.42 Å². The van der Waals surface area contributed by atoms with Crippen molar-refractivity contribution >= 4 is 17.9 Å². The maximum absolute atomic E-state index is 11.2. The van der Waals surface area contributed by atoms with Crippen LogP contribution in [0.2, 0.25) is 0 Å². The maximum atomic E-state index is 11.2. The van der Waals surface area contributed by atoms with Crippen molar-refractivity contribution in [2.75, 3.05) is 6.54 Å². The average Bonchev–Trinajstić information content (AvgIpc) is 2.12. The van der Waals surface area contributed by atoms with Gasteiger partial charge in [-0.2, -0.15) is 0 Å². The standard InChI is InChI=1S/C10H16N2O4/c13-8(4-5-9(14)15)12-10(16)11-6-7-2-1-3-7/h7H,1-6H2,(H,14,15)(H2,11,12,13,16). The van der Waals surface area contributed by atoms with Gasteiger partial charge in [0.05, 0.1) is 6.42 Å². The van der Waals surface area contributed by atoms with E-state index in [0.717, 1.165) is 12.8 Å². The second-order valence-corrected chi connectivity index (χ2v) is 3.95. The van der Waals surface area contributed by atoms with Crippen LogP contribution in [0.15, 0.2) is 0 Å². The van der Waals surface area contributed by atoms with Gasteiger partial charge in [-0.05, 0) is 18.8 Å². The molecule has 3 N–H and O–H groups in total. The van der Waals surface area contributed by atoms with Gasteiger partial charge in [0, 0.05) is 13.0 Å². The fraction of sp³-hybridized carbons (Fsp3) is 0.700. The van der Waals surface area contributed by atoms with Gasteiger partial charge in [0.2, 0.25) is 5.91 Å². The van der Waals surface area contributed by atoms with E-state index >= 15 is 0 Å². The number of amides is 3. The van der Waals surface area contributed by atoms with Gasteiger partial charge >= 0.3 is 12.0 Å². The highest BCUT2D eigenvalue weighted by atomic mass is 16.4. The minimum absolute atomic E-state index is 0.174. The van der Waals surface area contributed by atoms with Crippen LogP contribution in [0.3, 0.4) is 0 Å². The van der Waals surface area contributed by atoms with Crippen LogP contribution in [0.4, 0.5) is 4.79 Å². The number of carboxylic acid groups (broad SMARTS) is 1. The lowest BCUT2D eigenvalue weighted by molar-refractivity contribution is -0.138. The van der Waals surface area contributed by atoms with E-state index in [9.17, 15) is 14.4 Å². The predicted molar refractivity (Wildman–Crippen MR) is 55.8 cm³/mol. The molecular weight excluding hydrogens is 212 g/mol. The monoisotopic (exact) mass is 228 g/mol. The van der Waals surface area contributed by atoms with Gasteiger partial charge in [-0.3, -0.25) is 14.9 Å². The Hall–Kier alpha value is -1.59. The molecule has 1 saturated carbocycles. The van der Waals surface area contributed by atoms with E-state index in [1.807, 2.05) is 0 Å². The number of carbonyl (C=O) groups is 3. The van der Waals surface area contributed by atoms with Crippen LogP contribution in [0.1, 0.15) is 32.1 Å². The van der Waals surface area contributed by atoms with Crippen molar-refractivity contribution in [1.29, 1.82) is 0 Å². The van der Waals surface area contributed by atoms with Crippen molar-refractivity contribution in [1.82, 2.24) is 10.6 Å². The van der Waals surface area contributed by atoms with Gasteiger partial charge in [0.25, 0.3) is 0 Å². The number of hydrogen-bond acceptors (Lipinski definition) is 3. The van der Waals surface area contributed by atoms with E-state index in [-0.39, 0.29) is 12.8 Å². The van der Waals surface area contributed by atoms with E-state index in [4.69, 9.17) is 5.11 Å². The molecule has 0 bridgehead atoms. The van der Waals surface area contributed by atoms with E-state index < -0.39 is 17.9 Å². The molecule has 3 amide bonds. The summed E-state index contributed by atoms with van der Waals surface area (Å²) in [6.45, 7) is 0.581. The smallest absolute Gasteiger partial charge is 0.321 e. The summed E-state index contributed by atoms with van der Waals surface area (Å²) >= 11 is 0. The first-order valence-electron chi connectivity index (χ1n) is 5.37. The van der Waals surface area contributed by atoms with Crippen molar-refractivity contribution in [3.05, 3.63) is 0 Å².